The van der Waals surface area contributed by atoms with Crippen molar-refractivity contribution < 1.29 is 24.5 Å². The van der Waals surface area contributed by atoms with Gasteiger partial charge in [0.05, 0.1) is 18.3 Å². The van der Waals surface area contributed by atoms with Gasteiger partial charge >= 0.3 is 0 Å². The molecule has 0 radical (unpaired) electrons. The van der Waals surface area contributed by atoms with Gasteiger partial charge in [-0.3, -0.25) is 9.59 Å². The first kappa shape index (κ1) is 25.0. The Balaban J connectivity index is 0.000000614. The molecule has 1 aliphatic rings. The van der Waals surface area contributed by atoms with Crippen molar-refractivity contribution in [3.05, 3.63) is 70.2 Å². The van der Waals surface area contributed by atoms with E-state index < -0.39 is 5.79 Å². The molecule has 0 saturated carbocycles. The van der Waals surface area contributed by atoms with Crippen LogP contribution in [0.3, 0.4) is 0 Å². The highest BCUT2D eigenvalue weighted by molar-refractivity contribution is 9.10. The molecule has 1 fully saturated rings. The molecule has 0 aromatic heterocycles. The van der Waals surface area contributed by atoms with Gasteiger partial charge in [0.2, 0.25) is 0 Å². The van der Waals surface area contributed by atoms with Crippen LogP contribution in [0.1, 0.15) is 41.0 Å². The minimum atomic E-state index is -1.50. The van der Waals surface area contributed by atoms with Gasteiger partial charge in [-0.25, -0.2) is 0 Å². The van der Waals surface area contributed by atoms with Crippen molar-refractivity contribution in [2.24, 2.45) is 5.92 Å². The fraction of sp³-hybridized carbons (Fsp3) is 0.391. The lowest BCUT2D eigenvalue weighted by atomic mass is 10.1. The highest BCUT2D eigenvalue weighted by Crippen LogP contribution is 2.19. The Morgan fingerprint density at radius 1 is 1.00 bits per heavy atom. The summed E-state index contributed by atoms with van der Waals surface area (Å²) >= 11 is 3.38. The fourth-order valence-corrected chi connectivity index (χ4v) is 3.41. The normalized spacial score (nSPS) is 18.0. The number of carbonyl (C=O) groups is 2. The van der Waals surface area contributed by atoms with Gasteiger partial charge in [0.15, 0.2) is 5.79 Å². The molecule has 168 valence electrons. The van der Waals surface area contributed by atoms with Gasteiger partial charge in [-0.05, 0) is 60.5 Å². The molecule has 1 saturated heterocycles. The topological polar surface area (TPSA) is 108 Å². The zero-order valence-electron chi connectivity index (χ0n) is 17.7. The third kappa shape index (κ3) is 9.61. The molecule has 0 bridgehead atoms. The maximum absolute atomic E-state index is 12.2. The lowest BCUT2D eigenvalue weighted by Crippen LogP contribution is -2.32. The van der Waals surface area contributed by atoms with Crippen molar-refractivity contribution in [1.82, 2.24) is 10.6 Å². The Bertz CT molecular complexity index is 849. The van der Waals surface area contributed by atoms with Crippen LogP contribution in [0.25, 0.3) is 0 Å². The van der Waals surface area contributed by atoms with Crippen molar-refractivity contribution >= 4 is 27.7 Å². The lowest BCUT2D eigenvalue weighted by molar-refractivity contribution is -0.127. The van der Waals surface area contributed by atoms with Crippen LogP contribution in [0, 0.1) is 5.92 Å². The molecular weight excluding hydrogens is 464 g/mol. The van der Waals surface area contributed by atoms with Crippen molar-refractivity contribution in [1.29, 1.82) is 0 Å². The first-order valence-electron chi connectivity index (χ1n) is 10.1. The average Bonchev–Trinajstić information content (AvgIpc) is 3.18. The van der Waals surface area contributed by atoms with Crippen molar-refractivity contribution in [3.8, 4) is 0 Å². The molecule has 3 rings (SSSR count). The van der Waals surface area contributed by atoms with Gasteiger partial charge in [0, 0.05) is 29.0 Å². The lowest BCUT2D eigenvalue weighted by Gasteiger charge is -2.12. The monoisotopic (exact) mass is 492 g/mol. The molecule has 0 spiro atoms. The Morgan fingerprint density at radius 3 is 2.23 bits per heavy atom. The number of carbonyl (C=O) groups excluding carboxylic acids is 2. The van der Waals surface area contributed by atoms with Crippen LogP contribution in [0.4, 0.5) is 0 Å². The summed E-state index contributed by atoms with van der Waals surface area (Å²) in [4.78, 5) is 24.3. The SMILES string of the molecule is CC(C)(O)O.O=C(NCC1COC(CNC(=O)c2ccccc2Br)C1)c1ccccc1. The largest absolute Gasteiger partial charge is 0.376 e. The molecule has 4 N–H and O–H groups in total. The van der Waals surface area contributed by atoms with Crippen molar-refractivity contribution in [2.45, 2.75) is 32.2 Å². The van der Waals surface area contributed by atoms with E-state index in [9.17, 15) is 9.59 Å². The van der Waals surface area contributed by atoms with Gasteiger partial charge in [0.1, 0.15) is 0 Å². The standard InChI is InChI=1S/C20H21BrN2O3.C3H8O2/c21-18-9-5-4-8-17(18)20(25)23-12-16-10-14(13-26-16)11-22-19(24)15-6-2-1-3-7-15;1-3(2,4)5/h1-9,14,16H,10-13H2,(H,22,24)(H,23,25);4-5H,1-2H3. The second-order valence-electron chi connectivity index (χ2n) is 7.82. The van der Waals surface area contributed by atoms with Gasteiger partial charge in [0.25, 0.3) is 11.8 Å². The van der Waals surface area contributed by atoms with Crippen LogP contribution in [0.5, 0.6) is 0 Å². The van der Waals surface area contributed by atoms with E-state index >= 15 is 0 Å². The van der Waals surface area contributed by atoms with Crippen LogP contribution in [0.15, 0.2) is 59.1 Å². The smallest absolute Gasteiger partial charge is 0.252 e. The summed E-state index contributed by atoms with van der Waals surface area (Å²) < 4.78 is 6.51. The van der Waals surface area contributed by atoms with E-state index in [4.69, 9.17) is 14.9 Å². The zero-order valence-corrected chi connectivity index (χ0v) is 19.3. The number of aliphatic hydroxyl groups is 2. The van der Waals surface area contributed by atoms with E-state index in [1.54, 1.807) is 18.2 Å². The number of ether oxygens (including phenoxy) is 1. The molecule has 2 amide bonds. The third-order valence-electron chi connectivity index (χ3n) is 4.36. The van der Waals surface area contributed by atoms with Crippen LogP contribution in [0.2, 0.25) is 0 Å². The van der Waals surface area contributed by atoms with E-state index in [0.29, 0.717) is 30.8 Å². The van der Waals surface area contributed by atoms with E-state index in [0.717, 1.165) is 10.9 Å². The molecule has 8 heteroatoms. The Kier molecular flexibility index (Phi) is 9.64. The molecule has 2 aromatic rings. The summed E-state index contributed by atoms with van der Waals surface area (Å²) in [7, 11) is 0. The molecule has 7 nitrogen and oxygen atoms in total. The summed E-state index contributed by atoms with van der Waals surface area (Å²) in [5.74, 6) is -1.44. The van der Waals surface area contributed by atoms with E-state index in [2.05, 4.69) is 26.6 Å². The summed E-state index contributed by atoms with van der Waals surface area (Å²) in [6, 6.07) is 16.5. The molecule has 1 aliphatic heterocycles. The number of hydrogen-bond donors (Lipinski definition) is 4. The quantitative estimate of drug-likeness (QED) is 0.463. The van der Waals surface area contributed by atoms with E-state index in [1.807, 2.05) is 36.4 Å². The first-order chi connectivity index (χ1) is 14.6. The minimum absolute atomic E-state index is 0.0277. The zero-order chi connectivity index (χ0) is 22.9. The molecular formula is C23H29BrN2O5. The number of rotatable bonds is 6. The molecule has 2 unspecified atom stereocenters. The maximum Gasteiger partial charge on any atom is 0.252 e. The molecule has 31 heavy (non-hydrogen) atoms. The minimum Gasteiger partial charge on any atom is -0.376 e. The number of benzene rings is 2. The molecule has 2 atom stereocenters. The second-order valence-corrected chi connectivity index (χ2v) is 8.67. The van der Waals surface area contributed by atoms with Gasteiger partial charge < -0.3 is 25.6 Å². The predicted molar refractivity (Wildman–Crippen MR) is 122 cm³/mol. The number of amides is 2. The van der Waals surface area contributed by atoms with Gasteiger partial charge in [-0.1, -0.05) is 30.3 Å². The summed E-state index contributed by atoms with van der Waals surface area (Å²) in [6.07, 6.45) is 0.783. The van der Waals surface area contributed by atoms with Crippen LogP contribution >= 0.6 is 15.9 Å². The van der Waals surface area contributed by atoms with Crippen LogP contribution < -0.4 is 10.6 Å². The summed E-state index contributed by atoms with van der Waals surface area (Å²) in [5.41, 5.74) is 1.26. The van der Waals surface area contributed by atoms with Crippen LogP contribution in [-0.2, 0) is 4.74 Å². The van der Waals surface area contributed by atoms with E-state index in [1.165, 1.54) is 13.8 Å². The highest BCUT2D eigenvalue weighted by Gasteiger charge is 2.26. The highest BCUT2D eigenvalue weighted by atomic mass is 79.9. The average molecular weight is 493 g/mol. The summed E-state index contributed by atoms with van der Waals surface area (Å²) in [5, 5.41) is 22.0. The molecule has 2 aromatic carbocycles. The Hall–Kier alpha value is -2.26. The Morgan fingerprint density at radius 2 is 1.58 bits per heavy atom. The fourth-order valence-electron chi connectivity index (χ4n) is 2.94. The number of hydrogen-bond acceptors (Lipinski definition) is 5. The van der Waals surface area contributed by atoms with Crippen molar-refractivity contribution in [3.63, 3.8) is 0 Å². The van der Waals surface area contributed by atoms with Gasteiger partial charge in [-0.2, -0.15) is 0 Å². The number of halogens is 1. The van der Waals surface area contributed by atoms with Crippen LogP contribution in [-0.4, -0.2) is 53.6 Å². The first-order valence-corrected chi connectivity index (χ1v) is 10.8. The van der Waals surface area contributed by atoms with Gasteiger partial charge in [-0.15, -0.1) is 0 Å². The molecule has 1 heterocycles. The summed E-state index contributed by atoms with van der Waals surface area (Å²) in [6.45, 7) is 4.22. The number of nitrogens with one attached hydrogen (secondary N) is 2. The Labute approximate surface area is 190 Å². The molecule has 0 aliphatic carbocycles. The second kappa shape index (κ2) is 12.0. The van der Waals surface area contributed by atoms with E-state index in [-0.39, 0.29) is 23.8 Å². The predicted octanol–water partition coefficient (Wildman–Crippen LogP) is 2.72. The maximum atomic E-state index is 12.2. The van der Waals surface area contributed by atoms with Crippen molar-refractivity contribution in [2.75, 3.05) is 19.7 Å². The third-order valence-corrected chi connectivity index (χ3v) is 5.05.